The van der Waals surface area contributed by atoms with E-state index in [0.717, 1.165) is 62.0 Å². The third-order valence-electron chi connectivity index (χ3n) is 12.3. The molecule has 0 atom stereocenters. The average Bonchev–Trinajstić information content (AvgIpc) is 3.27. The highest BCUT2D eigenvalue weighted by atomic mass is 14.8. The van der Waals surface area contributed by atoms with Crippen LogP contribution in [0.1, 0.15) is 257 Å². The van der Waals surface area contributed by atoms with Crippen LogP contribution in [0, 0.1) is 0 Å². The van der Waals surface area contributed by atoms with E-state index in [1.807, 2.05) is 6.21 Å². The van der Waals surface area contributed by atoms with E-state index in [-0.39, 0.29) is 0 Å². The summed E-state index contributed by atoms with van der Waals surface area (Å²) in [6.45, 7) is 6.86. The Morgan fingerprint density at radius 1 is 0.367 bits per heavy atom. The average molecular weight is 821 g/mol. The second kappa shape index (κ2) is 41.6. The number of para-hydroxylation sites is 2. The lowest BCUT2D eigenvalue weighted by atomic mass is 10.0. The normalized spacial score (nSPS) is 12.3. The third kappa shape index (κ3) is 31.2. The SMILES string of the molecule is CCCCCCCCCCCCCCCCC=CCCc1ccccc1N=CC(CCCC)=Nc1ccccc1CCC=CCCCCCCCCCCCCCCCC. The Hall–Kier alpha value is -2.74. The van der Waals surface area contributed by atoms with E-state index in [1.54, 1.807) is 0 Å². The van der Waals surface area contributed by atoms with Crippen molar-refractivity contribution >= 4 is 23.3 Å². The minimum absolute atomic E-state index is 0.956. The van der Waals surface area contributed by atoms with Gasteiger partial charge in [0.15, 0.2) is 0 Å². The summed E-state index contributed by atoms with van der Waals surface area (Å²) in [7, 11) is 0. The second-order valence-electron chi connectivity index (χ2n) is 18.0. The van der Waals surface area contributed by atoms with E-state index in [0.29, 0.717) is 0 Å². The van der Waals surface area contributed by atoms with Gasteiger partial charge in [-0.2, -0.15) is 0 Å². The highest BCUT2D eigenvalue weighted by Gasteiger charge is 2.05. The monoisotopic (exact) mass is 821 g/mol. The molecule has 0 unspecified atom stereocenters. The summed E-state index contributed by atoms with van der Waals surface area (Å²) < 4.78 is 0. The minimum atomic E-state index is 0.956. The maximum absolute atomic E-state index is 5.22. The van der Waals surface area contributed by atoms with Crippen molar-refractivity contribution < 1.29 is 0 Å². The van der Waals surface area contributed by atoms with Crippen LogP contribution in [-0.4, -0.2) is 11.9 Å². The molecule has 2 aromatic carbocycles. The molecular formula is C58H96N2. The summed E-state index contributed by atoms with van der Waals surface area (Å²) in [5, 5.41) is 0. The molecule has 0 aliphatic heterocycles. The predicted octanol–water partition coefficient (Wildman–Crippen LogP) is 20.1. The zero-order valence-corrected chi connectivity index (χ0v) is 40.1. The summed E-state index contributed by atoms with van der Waals surface area (Å²) in [5.74, 6) is 0. The molecule has 2 heteroatoms. The molecule has 2 aromatic rings. The van der Waals surface area contributed by atoms with Gasteiger partial charge in [-0.15, -0.1) is 0 Å². The molecule has 0 amide bonds. The lowest BCUT2D eigenvalue weighted by molar-refractivity contribution is 0.536. The molecule has 0 heterocycles. The molecule has 60 heavy (non-hydrogen) atoms. The fourth-order valence-corrected chi connectivity index (χ4v) is 8.35. The Balaban J connectivity index is 1.67. The highest BCUT2D eigenvalue weighted by molar-refractivity contribution is 6.31. The zero-order valence-electron chi connectivity index (χ0n) is 40.1. The summed E-state index contributed by atoms with van der Waals surface area (Å²) in [4.78, 5) is 10.3. The van der Waals surface area contributed by atoms with Crippen LogP contribution in [0.3, 0.4) is 0 Å². The number of rotatable bonds is 42. The van der Waals surface area contributed by atoms with Gasteiger partial charge in [0.25, 0.3) is 0 Å². The lowest BCUT2D eigenvalue weighted by Crippen LogP contribution is -2.00. The summed E-state index contributed by atoms with van der Waals surface area (Å²) in [5.41, 5.74) is 5.93. The number of nitrogens with zero attached hydrogens (tertiary/aromatic N) is 2. The predicted molar refractivity (Wildman–Crippen MR) is 272 cm³/mol. The summed E-state index contributed by atoms with van der Waals surface area (Å²) in [6.07, 6.45) is 61.3. The molecule has 0 aliphatic carbocycles. The van der Waals surface area contributed by atoms with Crippen LogP contribution in [0.2, 0.25) is 0 Å². The van der Waals surface area contributed by atoms with Crippen LogP contribution in [0.25, 0.3) is 0 Å². The largest absolute Gasteiger partial charge is 0.255 e. The Morgan fingerprint density at radius 3 is 1.12 bits per heavy atom. The van der Waals surface area contributed by atoms with E-state index in [9.17, 15) is 0 Å². The molecule has 0 aliphatic rings. The molecule has 338 valence electrons. The number of unbranched alkanes of at least 4 members (excludes halogenated alkanes) is 29. The highest BCUT2D eigenvalue weighted by Crippen LogP contribution is 2.24. The second-order valence-corrected chi connectivity index (χ2v) is 18.0. The van der Waals surface area contributed by atoms with E-state index in [4.69, 9.17) is 9.98 Å². The smallest absolute Gasteiger partial charge is 0.0665 e. The van der Waals surface area contributed by atoms with Crippen molar-refractivity contribution in [1.82, 2.24) is 0 Å². The number of hydrogen-bond acceptors (Lipinski definition) is 2. The van der Waals surface area contributed by atoms with Gasteiger partial charge in [0.2, 0.25) is 0 Å². The fourth-order valence-electron chi connectivity index (χ4n) is 8.35. The van der Waals surface area contributed by atoms with E-state index in [1.165, 1.54) is 204 Å². The van der Waals surface area contributed by atoms with E-state index in [2.05, 4.69) is 93.6 Å². The first-order valence-electron chi connectivity index (χ1n) is 26.4. The molecule has 0 aromatic heterocycles. The topological polar surface area (TPSA) is 24.7 Å². The number of aryl methyl sites for hydroxylation is 2. The lowest BCUT2D eigenvalue weighted by Gasteiger charge is -2.07. The van der Waals surface area contributed by atoms with Crippen molar-refractivity contribution in [3.63, 3.8) is 0 Å². The van der Waals surface area contributed by atoms with Crippen LogP contribution < -0.4 is 0 Å². The summed E-state index contributed by atoms with van der Waals surface area (Å²) >= 11 is 0. The molecule has 2 nitrogen and oxygen atoms in total. The van der Waals surface area contributed by atoms with Crippen molar-refractivity contribution in [2.45, 2.75) is 258 Å². The van der Waals surface area contributed by atoms with Crippen molar-refractivity contribution in [3.05, 3.63) is 84.0 Å². The third-order valence-corrected chi connectivity index (χ3v) is 12.3. The molecule has 0 saturated carbocycles. The first-order valence-corrected chi connectivity index (χ1v) is 26.4. The van der Waals surface area contributed by atoms with E-state index < -0.39 is 0 Å². The Bertz CT molecular complexity index is 1350. The Kier molecular flexibility index (Phi) is 37.0. The fraction of sp³-hybridized carbons (Fsp3) is 0.690. The maximum Gasteiger partial charge on any atom is 0.0665 e. The van der Waals surface area contributed by atoms with Crippen LogP contribution in [0.4, 0.5) is 11.4 Å². The number of benzene rings is 2. The first-order chi connectivity index (χ1) is 29.8. The van der Waals surface area contributed by atoms with Gasteiger partial charge in [-0.1, -0.05) is 255 Å². The molecule has 0 spiro atoms. The quantitative estimate of drug-likeness (QED) is 0.0362. The van der Waals surface area contributed by atoms with Gasteiger partial charge < -0.3 is 0 Å². The molecule has 0 radical (unpaired) electrons. The van der Waals surface area contributed by atoms with E-state index >= 15 is 0 Å². The first kappa shape index (κ1) is 53.4. The number of hydrogen-bond donors (Lipinski definition) is 0. The van der Waals surface area contributed by atoms with Gasteiger partial charge in [0, 0.05) is 6.21 Å². The number of aliphatic imine (C=N–C) groups is 2. The molecule has 0 N–H and O–H groups in total. The van der Waals surface area contributed by atoms with Crippen molar-refractivity contribution in [2.24, 2.45) is 9.98 Å². The molecular weight excluding hydrogens is 725 g/mol. The molecule has 0 fully saturated rings. The van der Waals surface area contributed by atoms with Gasteiger partial charge in [0.05, 0.1) is 17.1 Å². The molecule has 2 rings (SSSR count). The van der Waals surface area contributed by atoms with Crippen LogP contribution >= 0.6 is 0 Å². The molecule has 0 saturated heterocycles. The van der Waals surface area contributed by atoms with Gasteiger partial charge in [-0.3, -0.25) is 9.98 Å². The van der Waals surface area contributed by atoms with Gasteiger partial charge in [0.1, 0.15) is 0 Å². The minimum Gasteiger partial charge on any atom is -0.255 e. The van der Waals surface area contributed by atoms with Crippen molar-refractivity contribution in [1.29, 1.82) is 0 Å². The standard InChI is InChI=1S/C58H96N2/c1-4-7-10-12-14-16-18-20-22-24-26-28-30-32-34-36-38-40-46-54-48-42-44-51-57(54)59-53-56(50-9-6-3)60-58-52-45-43-49-55(58)47-41-39-37-35-33-31-29-27-25-23-21-19-17-15-13-11-8-5-2/h36-39,42-45,48-49,51-53H,4-35,40-41,46-47,50H2,1-3H3. The van der Waals surface area contributed by atoms with Gasteiger partial charge in [-0.05, 0) is 87.5 Å². The molecule has 0 bridgehead atoms. The Labute approximate surface area is 374 Å². The van der Waals surface area contributed by atoms with Crippen LogP contribution in [0.15, 0.2) is 82.8 Å². The van der Waals surface area contributed by atoms with Crippen molar-refractivity contribution in [3.8, 4) is 0 Å². The van der Waals surface area contributed by atoms with Crippen LogP contribution in [-0.2, 0) is 12.8 Å². The maximum atomic E-state index is 5.22. The Morgan fingerprint density at radius 2 is 0.700 bits per heavy atom. The van der Waals surface area contributed by atoms with Gasteiger partial charge >= 0.3 is 0 Å². The zero-order chi connectivity index (χ0) is 42.7. The summed E-state index contributed by atoms with van der Waals surface area (Å²) in [6, 6.07) is 17.4. The van der Waals surface area contributed by atoms with Gasteiger partial charge in [-0.25, -0.2) is 0 Å². The van der Waals surface area contributed by atoms with Crippen molar-refractivity contribution in [2.75, 3.05) is 0 Å². The van der Waals surface area contributed by atoms with Crippen LogP contribution in [0.5, 0.6) is 0 Å². The number of allylic oxidation sites excluding steroid dienone is 4.